The Bertz CT molecular complexity index is 437. The summed E-state index contributed by atoms with van der Waals surface area (Å²) in [5, 5.41) is 3.13. The highest BCUT2D eigenvalue weighted by atomic mass is 16.1. The van der Waals surface area contributed by atoms with E-state index >= 15 is 0 Å². The molecule has 18 heavy (non-hydrogen) atoms. The second-order valence-corrected chi connectivity index (χ2v) is 5.64. The maximum absolute atomic E-state index is 12.1. The summed E-state index contributed by atoms with van der Waals surface area (Å²) in [6.07, 6.45) is 4.27. The van der Waals surface area contributed by atoms with Gasteiger partial charge in [-0.1, -0.05) is 13.8 Å². The molecule has 0 saturated carbocycles. The Hall–Kier alpha value is -1.36. The predicted molar refractivity (Wildman–Crippen MR) is 74.8 cm³/mol. The van der Waals surface area contributed by atoms with Crippen LogP contribution in [0.3, 0.4) is 0 Å². The van der Waals surface area contributed by atoms with Gasteiger partial charge in [0.05, 0.1) is 0 Å². The summed E-state index contributed by atoms with van der Waals surface area (Å²) in [4.78, 5) is 16.2. The predicted octanol–water partition coefficient (Wildman–Crippen LogP) is 1.61. The van der Waals surface area contributed by atoms with Crippen molar-refractivity contribution in [3.8, 4) is 0 Å². The molecule has 1 heterocycles. The van der Waals surface area contributed by atoms with E-state index in [-0.39, 0.29) is 17.0 Å². The minimum atomic E-state index is -0.0731. The normalized spacial score (nSPS) is 11.9. The average molecular weight is 252 g/mol. The molecule has 1 aromatic heterocycles. The minimum Gasteiger partial charge on any atom is -0.365 e. The van der Waals surface area contributed by atoms with Crippen LogP contribution in [-0.2, 0) is 0 Å². The van der Waals surface area contributed by atoms with Gasteiger partial charge in [0.1, 0.15) is 0 Å². The van der Waals surface area contributed by atoms with Gasteiger partial charge in [-0.15, -0.1) is 0 Å². The Morgan fingerprint density at radius 3 is 2.72 bits per heavy atom. The molecule has 0 bridgehead atoms. The summed E-state index contributed by atoms with van der Waals surface area (Å²) in [5.74, 6) is 0.413. The van der Waals surface area contributed by atoms with E-state index in [1.54, 1.807) is 17.0 Å². The third kappa shape index (κ3) is 3.84. The highest BCUT2D eigenvalue weighted by Crippen LogP contribution is 2.19. The van der Waals surface area contributed by atoms with E-state index in [2.05, 4.69) is 24.1 Å². The van der Waals surface area contributed by atoms with Gasteiger partial charge in [0.15, 0.2) is 5.82 Å². The van der Waals surface area contributed by atoms with E-state index in [9.17, 15) is 4.79 Å². The van der Waals surface area contributed by atoms with Crippen molar-refractivity contribution in [1.29, 1.82) is 0 Å². The lowest BCUT2D eigenvalue weighted by Gasteiger charge is -2.24. The zero-order valence-corrected chi connectivity index (χ0v) is 11.7. The summed E-state index contributed by atoms with van der Waals surface area (Å²) in [6.45, 7) is 9.53. The van der Waals surface area contributed by atoms with Crippen molar-refractivity contribution < 1.29 is 0 Å². The van der Waals surface area contributed by atoms with Crippen molar-refractivity contribution in [3.05, 3.63) is 22.7 Å². The van der Waals surface area contributed by atoms with Crippen molar-refractivity contribution in [2.24, 2.45) is 11.1 Å². The number of hydrogen-bond donors (Lipinski definition) is 2. The lowest BCUT2D eigenvalue weighted by molar-refractivity contribution is 0.364. The van der Waals surface area contributed by atoms with Gasteiger partial charge >= 0.3 is 0 Å². The van der Waals surface area contributed by atoms with Crippen LogP contribution in [0.25, 0.3) is 0 Å². The van der Waals surface area contributed by atoms with Crippen LogP contribution < -0.4 is 16.6 Å². The van der Waals surface area contributed by atoms with Crippen LogP contribution in [0.2, 0.25) is 0 Å². The Labute approximate surface area is 108 Å². The molecule has 5 heteroatoms. The first-order valence-electron chi connectivity index (χ1n) is 6.38. The van der Waals surface area contributed by atoms with Gasteiger partial charge in [-0.3, -0.25) is 4.79 Å². The van der Waals surface area contributed by atoms with Crippen molar-refractivity contribution in [3.63, 3.8) is 0 Å². The number of nitrogens with one attached hydrogen (secondary N) is 1. The molecule has 0 aliphatic heterocycles. The number of nitrogens with zero attached hydrogens (tertiary/aromatic N) is 2. The maximum atomic E-state index is 12.1. The Kier molecular flexibility index (Phi) is 4.90. The van der Waals surface area contributed by atoms with Crippen molar-refractivity contribution in [2.75, 3.05) is 18.4 Å². The molecule has 1 aromatic rings. The number of aromatic nitrogens is 2. The van der Waals surface area contributed by atoms with Crippen LogP contribution in [0.1, 0.15) is 40.2 Å². The van der Waals surface area contributed by atoms with Gasteiger partial charge < -0.3 is 15.6 Å². The molecule has 0 spiro atoms. The fourth-order valence-corrected chi connectivity index (χ4v) is 1.75. The number of rotatable bonds is 6. The summed E-state index contributed by atoms with van der Waals surface area (Å²) in [5.41, 5.74) is 5.55. The van der Waals surface area contributed by atoms with Crippen LogP contribution in [0, 0.1) is 5.41 Å². The van der Waals surface area contributed by atoms with Gasteiger partial charge in [0.25, 0.3) is 5.56 Å². The zero-order chi connectivity index (χ0) is 13.8. The molecular weight excluding hydrogens is 228 g/mol. The molecule has 3 N–H and O–H groups in total. The average Bonchev–Trinajstić information content (AvgIpc) is 2.27. The standard InChI is InChI=1S/C13H24N4O/c1-10(2)17-8-7-15-11(12(17)18)16-9-13(3,4)5-6-14/h7-8,10H,5-6,9,14H2,1-4H3,(H,15,16). The van der Waals surface area contributed by atoms with Crippen molar-refractivity contribution >= 4 is 5.82 Å². The smallest absolute Gasteiger partial charge is 0.293 e. The molecule has 0 fully saturated rings. The van der Waals surface area contributed by atoms with Crippen molar-refractivity contribution in [1.82, 2.24) is 9.55 Å². The molecule has 0 aliphatic rings. The van der Waals surface area contributed by atoms with Gasteiger partial charge in [-0.05, 0) is 32.2 Å². The monoisotopic (exact) mass is 252 g/mol. The summed E-state index contributed by atoms with van der Waals surface area (Å²) < 4.78 is 1.67. The van der Waals surface area contributed by atoms with Crippen molar-refractivity contribution in [2.45, 2.75) is 40.2 Å². The molecule has 102 valence electrons. The quantitative estimate of drug-likeness (QED) is 0.806. The van der Waals surface area contributed by atoms with E-state index in [1.165, 1.54) is 0 Å². The fourth-order valence-electron chi connectivity index (χ4n) is 1.75. The largest absolute Gasteiger partial charge is 0.365 e. The Morgan fingerprint density at radius 1 is 1.50 bits per heavy atom. The minimum absolute atomic E-state index is 0.0569. The van der Waals surface area contributed by atoms with Crippen LogP contribution >= 0.6 is 0 Å². The van der Waals surface area contributed by atoms with Crippen LogP contribution in [0.5, 0.6) is 0 Å². The van der Waals surface area contributed by atoms with Gasteiger partial charge in [-0.25, -0.2) is 4.98 Å². The van der Waals surface area contributed by atoms with Crippen LogP contribution in [0.4, 0.5) is 5.82 Å². The maximum Gasteiger partial charge on any atom is 0.293 e. The first kappa shape index (κ1) is 14.7. The van der Waals surface area contributed by atoms with E-state index in [1.807, 2.05) is 13.8 Å². The number of anilines is 1. The van der Waals surface area contributed by atoms with Gasteiger partial charge in [0.2, 0.25) is 0 Å². The first-order valence-corrected chi connectivity index (χ1v) is 6.38. The highest BCUT2D eigenvalue weighted by Gasteiger charge is 2.17. The molecule has 1 rings (SSSR count). The van der Waals surface area contributed by atoms with E-state index in [4.69, 9.17) is 5.73 Å². The van der Waals surface area contributed by atoms with Gasteiger partial charge in [0, 0.05) is 25.0 Å². The summed E-state index contributed by atoms with van der Waals surface area (Å²) in [7, 11) is 0. The number of hydrogen-bond acceptors (Lipinski definition) is 4. The summed E-state index contributed by atoms with van der Waals surface area (Å²) in [6, 6.07) is 0.137. The Balaban J connectivity index is 2.80. The number of nitrogens with two attached hydrogens (primary N) is 1. The highest BCUT2D eigenvalue weighted by molar-refractivity contribution is 5.31. The molecule has 0 unspecified atom stereocenters. The Morgan fingerprint density at radius 2 is 2.17 bits per heavy atom. The molecule has 0 aliphatic carbocycles. The zero-order valence-electron chi connectivity index (χ0n) is 11.7. The first-order chi connectivity index (χ1) is 8.37. The van der Waals surface area contributed by atoms with Gasteiger partial charge in [-0.2, -0.15) is 0 Å². The lowest BCUT2D eigenvalue weighted by Crippen LogP contribution is -2.31. The van der Waals surface area contributed by atoms with E-state index in [0.29, 0.717) is 18.9 Å². The molecule has 0 atom stereocenters. The second-order valence-electron chi connectivity index (χ2n) is 5.64. The van der Waals surface area contributed by atoms with E-state index < -0.39 is 0 Å². The summed E-state index contributed by atoms with van der Waals surface area (Å²) >= 11 is 0. The fraction of sp³-hybridized carbons (Fsp3) is 0.692. The van der Waals surface area contributed by atoms with Crippen LogP contribution in [-0.4, -0.2) is 22.6 Å². The van der Waals surface area contributed by atoms with E-state index in [0.717, 1.165) is 6.42 Å². The molecule has 0 radical (unpaired) electrons. The topological polar surface area (TPSA) is 72.9 Å². The second kappa shape index (κ2) is 6.00. The molecule has 0 amide bonds. The van der Waals surface area contributed by atoms with Crippen LogP contribution in [0.15, 0.2) is 17.2 Å². The molecular formula is C13H24N4O. The lowest BCUT2D eigenvalue weighted by atomic mass is 9.89. The third-order valence-electron chi connectivity index (χ3n) is 2.98. The molecule has 0 saturated heterocycles. The SMILES string of the molecule is CC(C)n1ccnc(NCC(C)(C)CCN)c1=O. The molecule has 0 aromatic carbocycles. The molecule has 5 nitrogen and oxygen atoms in total. The third-order valence-corrected chi connectivity index (χ3v) is 2.98.